The summed E-state index contributed by atoms with van der Waals surface area (Å²) in [7, 11) is -4.28. The van der Waals surface area contributed by atoms with Crippen molar-refractivity contribution in [1.29, 1.82) is 0 Å². The summed E-state index contributed by atoms with van der Waals surface area (Å²) < 4.78 is 30.6. The van der Waals surface area contributed by atoms with Crippen LogP contribution in [0, 0.1) is 5.92 Å². The van der Waals surface area contributed by atoms with E-state index in [0.717, 1.165) is 42.1 Å². The Kier molecular flexibility index (Phi) is 7.86. The van der Waals surface area contributed by atoms with Crippen molar-refractivity contribution >= 4 is 66.9 Å². The van der Waals surface area contributed by atoms with Crippen LogP contribution in [0.4, 0.5) is 0 Å². The van der Waals surface area contributed by atoms with Crippen LogP contribution in [0.1, 0.15) is 37.7 Å². The van der Waals surface area contributed by atoms with Gasteiger partial charge >= 0.3 is 0 Å². The Labute approximate surface area is 257 Å². The smallest absolute Gasteiger partial charge is 0.248 e. The molecule has 2 aliphatic heterocycles. The summed E-state index contributed by atoms with van der Waals surface area (Å²) in [5.74, 6) is -1.15. The van der Waals surface area contributed by atoms with Crippen LogP contribution in [-0.2, 0) is 30.8 Å². The third kappa shape index (κ3) is 5.51. The third-order valence-corrected chi connectivity index (χ3v) is 11.5. The molecule has 9 nitrogen and oxygen atoms in total. The van der Waals surface area contributed by atoms with Crippen LogP contribution >= 0.6 is 39.1 Å². The lowest BCUT2D eigenvalue weighted by atomic mass is 9.84. The van der Waals surface area contributed by atoms with Crippen LogP contribution in [0.5, 0.6) is 0 Å². The molecule has 1 N–H and O–H groups in total. The fourth-order valence-corrected chi connectivity index (χ4v) is 8.44. The minimum absolute atomic E-state index is 0.00638. The highest BCUT2D eigenvalue weighted by Crippen LogP contribution is 2.38. The van der Waals surface area contributed by atoms with E-state index < -0.39 is 34.2 Å². The molecular formula is C28H29BrCl2N4O5S. The molecule has 2 heterocycles. The van der Waals surface area contributed by atoms with Crippen LogP contribution in [0.25, 0.3) is 0 Å². The standard InChI is InChI=1S/C28H29BrCl2N4O5S/c29-18-6-4-16(5-7-18)12-23-28(38)33(20-9-10-20)15-25-34(41(39,40)24-11-8-19(30)13-21(24)31)14-22(27(37)35(23)25)32-26(36)17-2-1-3-17/h4-8,11,13,17,20,22-23,25H,1-3,9-10,12,14-15H2,(H,32,36). The average Bonchev–Trinajstić information content (AvgIpc) is 3.72. The fraction of sp³-hybridized carbons (Fsp3) is 0.464. The monoisotopic (exact) mass is 682 g/mol. The van der Waals surface area contributed by atoms with E-state index in [0.29, 0.717) is 0 Å². The van der Waals surface area contributed by atoms with Gasteiger partial charge in [-0.2, -0.15) is 4.31 Å². The van der Waals surface area contributed by atoms with Crippen molar-refractivity contribution in [3.63, 3.8) is 0 Å². The molecule has 3 amide bonds. The molecule has 0 bridgehead atoms. The van der Waals surface area contributed by atoms with E-state index >= 15 is 0 Å². The van der Waals surface area contributed by atoms with Crippen molar-refractivity contribution in [1.82, 2.24) is 19.4 Å². The van der Waals surface area contributed by atoms with Crippen molar-refractivity contribution in [2.24, 2.45) is 5.92 Å². The van der Waals surface area contributed by atoms with Gasteiger partial charge in [0.25, 0.3) is 0 Å². The summed E-state index contributed by atoms with van der Waals surface area (Å²) in [4.78, 5) is 44.0. The first kappa shape index (κ1) is 28.9. The lowest BCUT2D eigenvalue weighted by Crippen LogP contribution is -2.76. The van der Waals surface area contributed by atoms with Crippen LogP contribution in [-0.4, -0.2) is 77.6 Å². The van der Waals surface area contributed by atoms with E-state index in [-0.39, 0.29) is 58.2 Å². The molecule has 41 heavy (non-hydrogen) atoms. The number of carbonyl (C=O) groups is 3. The van der Waals surface area contributed by atoms with Crippen LogP contribution in [0.15, 0.2) is 51.8 Å². The molecule has 0 aromatic heterocycles. The van der Waals surface area contributed by atoms with E-state index in [4.69, 9.17) is 23.2 Å². The summed E-state index contributed by atoms with van der Waals surface area (Å²) in [6.07, 6.45) is 3.28. The molecule has 2 aromatic rings. The fourth-order valence-electron chi connectivity index (χ4n) is 5.84. The summed E-state index contributed by atoms with van der Waals surface area (Å²) in [5.41, 5.74) is 0.825. The summed E-state index contributed by atoms with van der Waals surface area (Å²) in [6, 6.07) is 9.52. The Balaban J connectivity index is 1.42. The van der Waals surface area contributed by atoms with E-state index in [1.165, 1.54) is 27.4 Å². The van der Waals surface area contributed by atoms with E-state index in [2.05, 4.69) is 21.2 Å². The molecule has 0 spiro atoms. The third-order valence-electron chi connectivity index (χ3n) is 8.44. The highest BCUT2D eigenvalue weighted by atomic mass is 79.9. The molecule has 4 fully saturated rings. The number of nitrogens with one attached hydrogen (secondary N) is 1. The molecule has 2 aromatic carbocycles. The minimum atomic E-state index is -4.28. The maximum atomic E-state index is 14.2. The van der Waals surface area contributed by atoms with Gasteiger partial charge in [0.05, 0.1) is 11.6 Å². The lowest BCUT2D eigenvalue weighted by Gasteiger charge is -2.53. The van der Waals surface area contributed by atoms with Crippen molar-refractivity contribution < 1.29 is 22.8 Å². The molecule has 218 valence electrons. The average molecular weight is 684 g/mol. The largest absolute Gasteiger partial charge is 0.343 e. The maximum absolute atomic E-state index is 14.2. The van der Waals surface area contributed by atoms with E-state index in [1.54, 1.807) is 4.90 Å². The van der Waals surface area contributed by atoms with E-state index in [1.807, 2.05) is 24.3 Å². The van der Waals surface area contributed by atoms with Gasteiger partial charge in [-0.15, -0.1) is 0 Å². The van der Waals surface area contributed by atoms with Gasteiger partial charge in [-0.05, 0) is 61.6 Å². The highest BCUT2D eigenvalue weighted by molar-refractivity contribution is 9.10. The van der Waals surface area contributed by atoms with Gasteiger partial charge in [0.15, 0.2) is 0 Å². The molecule has 0 radical (unpaired) electrons. The highest BCUT2D eigenvalue weighted by Gasteiger charge is 2.56. The van der Waals surface area contributed by atoms with Gasteiger partial charge in [0.1, 0.15) is 23.1 Å². The summed E-state index contributed by atoms with van der Waals surface area (Å²) in [5, 5.41) is 3.05. The summed E-state index contributed by atoms with van der Waals surface area (Å²) in [6.45, 7) is -0.225. The first-order valence-electron chi connectivity index (χ1n) is 13.7. The van der Waals surface area contributed by atoms with Crippen LogP contribution in [0.3, 0.4) is 0 Å². The first-order valence-corrected chi connectivity index (χ1v) is 16.7. The first-order chi connectivity index (χ1) is 19.5. The predicted octanol–water partition coefficient (Wildman–Crippen LogP) is 3.82. The summed E-state index contributed by atoms with van der Waals surface area (Å²) >= 11 is 15.9. The quantitative estimate of drug-likeness (QED) is 0.478. The second kappa shape index (κ2) is 11.1. The molecule has 2 saturated heterocycles. The molecule has 4 aliphatic rings. The van der Waals surface area contributed by atoms with E-state index in [9.17, 15) is 22.8 Å². The second-order valence-corrected chi connectivity index (χ2v) is 14.8. The Morgan fingerprint density at radius 2 is 1.68 bits per heavy atom. The van der Waals surface area contributed by atoms with Crippen molar-refractivity contribution in [3.05, 3.63) is 62.5 Å². The Morgan fingerprint density at radius 3 is 2.29 bits per heavy atom. The number of sulfonamides is 1. The molecule has 2 saturated carbocycles. The normalized spacial score (nSPS) is 25.6. The number of rotatable bonds is 7. The molecule has 3 atom stereocenters. The second-order valence-electron chi connectivity index (χ2n) is 11.1. The van der Waals surface area contributed by atoms with Gasteiger partial charge in [-0.1, -0.05) is 57.7 Å². The van der Waals surface area contributed by atoms with Crippen molar-refractivity contribution in [2.75, 3.05) is 13.1 Å². The van der Waals surface area contributed by atoms with Gasteiger partial charge in [0, 0.05) is 34.4 Å². The van der Waals surface area contributed by atoms with Crippen molar-refractivity contribution in [2.45, 2.75) is 67.7 Å². The van der Waals surface area contributed by atoms with Gasteiger partial charge in [-0.3, -0.25) is 14.4 Å². The number of nitrogens with zero attached hydrogens (tertiary/aromatic N) is 3. The lowest BCUT2D eigenvalue weighted by molar-refractivity contribution is -0.168. The molecule has 3 unspecified atom stereocenters. The number of amides is 3. The number of hydrogen-bond donors (Lipinski definition) is 1. The topological polar surface area (TPSA) is 107 Å². The number of fused-ring (bicyclic) bond motifs is 1. The predicted molar refractivity (Wildman–Crippen MR) is 157 cm³/mol. The molecule has 2 aliphatic carbocycles. The number of carbonyl (C=O) groups excluding carboxylic acids is 3. The van der Waals surface area contributed by atoms with Crippen molar-refractivity contribution in [3.8, 4) is 0 Å². The Bertz CT molecular complexity index is 1500. The Hall–Kier alpha value is -2.18. The Morgan fingerprint density at radius 1 is 0.976 bits per heavy atom. The van der Waals surface area contributed by atoms with Gasteiger partial charge < -0.3 is 15.1 Å². The number of hydrogen-bond acceptors (Lipinski definition) is 5. The zero-order chi connectivity index (χ0) is 29.1. The van der Waals surface area contributed by atoms with Crippen LogP contribution < -0.4 is 5.32 Å². The molecular weight excluding hydrogens is 655 g/mol. The minimum Gasteiger partial charge on any atom is -0.343 e. The zero-order valence-corrected chi connectivity index (χ0v) is 25.9. The van der Waals surface area contributed by atoms with Crippen LogP contribution in [0.2, 0.25) is 10.0 Å². The van der Waals surface area contributed by atoms with Gasteiger partial charge in [-0.25, -0.2) is 8.42 Å². The number of benzene rings is 2. The number of piperazine rings is 1. The number of halogens is 3. The molecule has 13 heteroatoms. The SMILES string of the molecule is O=C(NC1CN(S(=O)(=O)c2ccc(Cl)cc2Cl)C2CN(C3CC3)C(=O)C(Cc3ccc(Br)cc3)N2C1=O)C1CCC1. The van der Waals surface area contributed by atoms with Gasteiger partial charge in [0.2, 0.25) is 27.7 Å². The molecule has 6 rings (SSSR count). The zero-order valence-electron chi connectivity index (χ0n) is 22.0. The maximum Gasteiger partial charge on any atom is 0.248 e.